The number of fused-ring (bicyclic) bond motifs is 1. The Balaban J connectivity index is 1.96. The van der Waals surface area contributed by atoms with E-state index in [1.165, 1.54) is 0 Å². The summed E-state index contributed by atoms with van der Waals surface area (Å²) >= 11 is 17.6. The molecule has 156 valence electrons. The summed E-state index contributed by atoms with van der Waals surface area (Å²) in [7, 11) is 0. The lowest BCUT2D eigenvalue weighted by molar-refractivity contribution is 0.959. The highest BCUT2D eigenvalue weighted by molar-refractivity contribution is 7.71. The summed E-state index contributed by atoms with van der Waals surface area (Å²) in [5.74, 6) is 0.496. The zero-order chi connectivity index (χ0) is 22.2. The summed E-state index contributed by atoms with van der Waals surface area (Å²) in [6.45, 7) is 0. The van der Waals surface area contributed by atoms with Crippen molar-refractivity contribution < 1.29 is 0 Å². The second kappa shape index (κ2) is 8.31. The lowest BCUT2D eigenvalue weighted by Crippen LogP contribution is -2.12. The first-order valence-electron chi connectivity index (χ1n) is 9.89. The van der Waals surface area contributed by atoms with Gasteiger partial charge in [0, 0.05) is 16.4 Å². The fraction of sp³-hybridized carbons (Fsp3) is 0. The third-order valence-electron chi connectivity index (χ3n) is 5.27. The normalized spacial score (nSPS) is 11.0. The number of halogens is 1. The van der Waals surface area contributed by atoms with Crippen LogP contribution in [0.2, 0.25) is 5.02 Å². The van der Waals surface area contributed by atoms with Crippen LogP contribution in [0.4, 0.5) is 5.82 Å². The van der Waals surface area contributed by atoms with E-state index in [-0.39, 0.29) is 0 Å². The Kier molecular flexibility index (Phi) is 5.35. The molecule has 0 aliphatic heterocycles. The summed E-state index contributed by atoms with van der Waals surface area (Å²) in [5.41, 5.74) is 11.0. The molecule has 2 N–H and O–H groups in total. The van der Waals surface area contributed by atoms with Crippen LogP contribution in [0.5, 0.6) is 0 Å². The minimum absolute atomic E-state index is 0.355. The van der Waals surface area contributed by atoms with Crippen LogP contribution >= 0.6 is 36.0 Å². The van der Waals surface area contributed by atoms with E-state index in [2.05, 4.69) is 0 Å². The molecule has 0 aliphatic rings. The molecule has 5 aromatic rings. The van der Waals surface area contributed by atoms with Gasteiger partial charge in [-0.15, -0.1) is 0 Å². The number of hydrogen-bond acceptors (Lipinski definition) is 4. The number of benzene rings is 3. The number of nitrogen functional groups attached to an aromatic ring is 1. The molecule has 0 atom stereocenters. The van der Waals surface area contributed by atoms with Gasteiger partial charge < -0.3 is 5.73 Å². The third-order valence-corrected chi connectivity index (χ3v) is 6.09. The van der Waals surface area contributed by atoms with Crippen molar-refractivity contribution in [3.05, 3.63) is 105 Å². The SMILES string of the molecule is Nc1c2c(-c3ccc(Cl)cc3)cc(=S)n(-c3ccccc3)c2nc(=S)n1-c1ccccc1. The molecular weight excluding hydrogens is 456 g/mol. The zero-order valence-electron chi connectivity index (χ0n) is 16.8. The van der Waals surface area contributed by atoms with Gasteiger partial charge in [0.1, 0.15) is 10.5 Å². The van der Waals surface area contributed by atoms with Gasteiger partial charge in [0.05, 0.1) is 5.39 Å². The average molecular weight is 473 g/mol. The number of nitrogens with two attached hydrogens (primary N) is 1. The highest BCUT2D eigenvalue weighted by Crippen LogP contribution is 2.35. The molecule has 2 aromatic heterocycles. The molecule has 0 radical (unpaired) electrons. The van der Waals surface area contributed by atoms with E-state index in [0.29, 0.717) is 25.9 Å². The molecule has 0 saturated carbocycles. The third kappa shape index (κ3) is 3.52. The topological polar surface area (TPSA) is 48.8 Å². The Bertz CT molecular complexity index is 1560. The average Bonchev–Trinajstić information content (AvgIpc) is 2.80. The molecular formula is C25H17ClN4S2. The van der Waals surface area contributed by atoms with E-state index >= 15 is 0 Å². The summed E-state index contributed by atoms with van der Waals surface area (Å²) in [6.07, 6.45) is 0. The lowest BCUT2D eigenvalue weighted by Gasteiger charge is -2.19. The van der Waals surface area contributed by atoms with Crippen LogP contribution in [0, 0.1) is 9.41 Å². The molecule has 7 heteroatoms. The Morgan fingerprint density at radius 3 is 1.91 bits per heavy atom. The first-order chi connectivity index (χ1) is 15.5. The smallest absolute Gasteiger partial charge is 0.207 e. The zero-order valence-corrected chi connectivity index (χ0v) is 19.2. The Labute approximate surface area is 200 Å². The van der Waals surface area contributed by atoms with Crippen LogP contribution in [0.25, 0.3) is 33.5 Å². The van der Waals surface area contributed by atoms with E-state index in [9.17, 15) is 0 Å². The maximum absolute atomic E-state index is 6.80. The van der Waals surface area contributed by atoms with Crippen molar-refractivity contribution in [3.63, 3.8) is 0 Å². The minimum atomic E-state index is 0.355. The second-order valence-corrected chi connectivity index (χ2v) is 8.44. The van der Waals surface area contributed by atoms with E-state index in [1.54, 1.807) is 4.57 Å². The minimum Gasteiger partial charge on any atom is -0.384 e. The van der Waals surface area contributed by atoms with Crippen LogP contribution in [0.15, 0.2) is 91.0 Å². The van der Waals surface area contributed by atoms with Gasteiger partial charge in [-0.05, 0) is 65.8 Å². The number of anilines is 1. The fourth-order valence-electron chi connectivity index (χ4n) is 3.82. The number of pyridine rings is 1. The largest absolute Gasteiger partial charge is 0.384 e. The van der Waals surface area contributed by atoms with Gasteiger partial charge in [0.15, 0.2) is 5.65 Å². The standard InChI is InChI=1S/C25H17ClN4S2/c26-17-13-11-16(12-14-17)20-15-21(31)29(18-7-3-1-4-8-18)24-22(20)23(27)30(25(32)28-24)19-9-5-2-6-10-19/h1-15H,27H2. The molecule has 0 bridgehead atoms. The number of hydrogen-bond donors (Lipinski definition) is 1. The Morgan fingerprint density at radius 2 is 1.31 bits per heavy atom. The van der Waals surface area contributed by atoms with Gasteiger partial charge in [0.2, 0.25) is 4.77 Å². The van der Waals surface area contributed by atoms with Gasteiger partial charge in [-0.1, -0.05) is 72.3 Å². The summed E-state index contributed by atoms with van der Waals surface area (Å²) in [6, 6.07) is 29.1. The summed E-state index contributed by atoms with van der Waals surface area (Å²) < 4.78 is 4.65. The maximum atomic E-state index is 6.80. The van der Waals surface area contributed by atoms with Crippen molar-refractivity contribution in [1.29, 1.82) is 0 Å². The molecule has 3 aromatic carbocycles. The van der Waals surface area contributed by atoms with Crippen LogP contribution in [-0.2, 0) is 0 Å². The molecule has 0 fully saturated rings. The molecule has 4 nitrogen and oxygen atoms in total. The Hall–Kier alpha value is -3.32. The first-order valence-corrected chi connectivity index (χ1v) is 11.1. The van der Waals surface area contributed by atoms with Crippen molar-refractivity contribution >= 4 is 52.9 Å². The van der Waals surface area contributed by atoms with Crippen LogP contribution in [0.1, 0.15) is 0 Å². The molecule has 0 unspecified atom stereocenters. The van der Waals surface area contributed by atoms with E-state index in [1.807, 2.05) is 95.6 Å². The molecule has 0 spiro atoms. The van der Waals surface area contributed by atoms with Crippen molar-refractivity contribution in [3.8, 4) is 22.5 Å². The van der Waals surface area contributed by atoms with Gasteiger partial charge in [-0.25, -0.2) is 4.98 Å². The molecule has 5 rings (SSSR count). The van der Waals surface area contributed by atoms with Crippen molar-refractivity contribution in [2.24, 2.45) is 0 Å². The van der Waals surface area contributed by atoms with E-state index < -0.39 is 0 Å². The summed E-state index contributed by atoms with van der Waals surface area (Å²) in [5, 5.41) is 1.42. The van der Waals surface area contributed by atoms with Gasteiger partial charge in [0.25, 0.3) is 0 Å². The maximum Gasteiger partial charge on any atom is 0.207 e. The van der Waals surface area contributed by atoms with Crippen molar-refractivity contribution in [2.75, 3.05) is 5.73 Å². The van der Waals surface area contributed by atoms with Crippen LogP contribution in [-0.4, -0.2) is 14.1 Å². The van der Waals surface area contributed by atoms with E-state index in [0.717, 1.165) is 27.9 Å². The number of para-hydroxylation sites is 2. The second-order valence-electron chi connectivity index (χ2n) is 7.22. The summed E-state index contributed by atoms with van der Waals surface area (Å²) in [4.78, 5) is 4.82. The number of aromatic nitrogens is 3. The lowest BCUT2D eigenvalue weighted by atomic mass is 10.0. The van der Waals surface area contributed by atoms with Gasteiger partial charge >= 0.3 is 0 Å². The number of nitrogens with zero attached hydrogens (tertiary/aromatic N) is 3. The highest BCUT2D eigenvalue weighted by Gasteiger charge is 2.18. The first kappa shape index (κ1) is 20.6. The van der Waals surface area contributed by atoms with Crippen LogP contribution < -0.4 is 5.73 Å². The highest BCUT2D eigenvalue weighted by atomic mass is 35.5. The Morgan fingerprint density at radius 1 is 0.750 bits per heavy atom. The molecule has 32 heavy (non-hydrogen) atoms. The predicted octanol–water partition coefficient (Wildman–Crippen LogP) is 7.18. The van der Waals surface area contributed by atoms with Crippen LogP contribution in [0.3, 0.4) is 0 Å². The molecule has 2 heterocycles. The van der Waals surface area contributed by atoms with Gasteiger partial charge in [-0.2, -0.15) is 0 Å². The number of rotatable bonds is 3. The van der Waals surface area contributed by atoms with Gasteiger partial charge in [-0.3, -0.25) is 9.13 Å². The quantitative estimate of drug-likeness (QED) is 0.282. The fourth-order valence-corrected chi connectivity index (χ4v) is 4.55. The molecule has 0 aliphatic carbocycles. The van der Waals surface area contributed by atoms with Crippen molar-refractivity contribution in [1.82, 2.24) is 14.1 Å². The monoisotopic (exact) mass is 472 g/mol. The predicted molar refractivity (Wildman–Crippen MR) is 137 cm³/mol. The van der Waals surface area contributed by atoms with E-state index in [4.69, 9.17) is 46.8 Å². The van der Waals surface area contributed by atoms with Crippen molar-refractivity contribution in [2.45, 2.75) is 0 Å². The molecule has 0 amide bonds. The molecule has 0 saturated heterocycles.